The molecule has 2 N–H and O–H groups in total. The van der Waals surface area contributed by atoms with Crippen molar-refractivity contribution >= 4 is 29.2 Å². The lowest BCUT2D eigenvalue weighted by Crippen LogP contribution is -2.11. The van der Waals surface area contributed by atoms with Crippen molar-refractivity contribution in [2.75, 3.05) is 6.61 Å². The summed E-state index contributed by atoms with van der Waals surface area (Å²) in [6, 6.07) is 4.91. The quantitative estimate of drug-likeness (QED) is 0.753. The summed E-state index contributed by atoms with van der Waals surface area (Å²) in [5, 5.41) is 18.7. The lowest BCUT2D eigenvalue weighted by atomic mass is 9.93. The summed E-state index contributed by atoms with van der Waals surface area (Å²) in [5.41, 5.74) is 0.667. The standard InChI is InChI=1S/C13H16Cl2O3/c14-11-6-5-9(8-12(11)15)10(13(17)18)4-2-1-3-7-16/h5-6,8,10,16H,1-4,7H2,(H,17,18)/t10-/m1/s1. The van der Waals surface area contributed by atoms with E-state index < -0.39 is 11.9 Å². The number of rotatable bonds is 7. The van der Waals surface area contributed by atoms with Crippen LogP contribution >= 0.6 is 23.2 Å². The Kier molecular flexibility index (Phi) is 6.47. The number of unbranched alkanes of at least 4 members (excludes halogenated alkanes) is 2. The highest BCUT2D eigenvalue weighted by atomic mass is 35.5. The van der Waals surface area contributed by atoms with Crippen LogP contribution in [0.4, 0.5) is 0 Å². The van der Waals surface area contributed by atoms with Crippen molar-refractivity contribution in [1.82, 2.24) is 0 Å². The smallest absolute Gasteiger partial charge is 0.310 e. The zero-order chi connectivity index (χ0) is 13.5. The minimum atomic E-state index is -0.864. The third-order valence-corrected chi connectivity index (χ3v) is 3.53. The molecule has 1 rings (SSSR count). The Bertz CT molecular complexity index is 407. The van der Waals surface area contributed by atoms with Crippen LogP contribution in [0.2, 0.25) is 10.0 Å². The molecule has 0 bridgehead atoms. The normalized spacial score (nSPS) is 12.4. The summed E-state index contributed by atoms with van der Waals surface area (Å²) in [7, 11) is 0. The third-order valence-electron chi connectivity index (χ3n) is 2.80. The summed E-state index contributed by atoms with van der Waals surface area (Å²) in [5.74, 6) is -1.43. The van der Waals surface area contributed by atoms with Crippen molar-refractivity contribution in [1.29, 1.82) is 0 Å². The van der Waals surface area contributed by atoms with E-state index >= 15 is 0 Å². The highest BCUT2D eigenvalue weighted by Gasteiger charge is 2.20. The Hall–Kier alpha value is -0.770. The van der Waals surface area contributed by atoms with Crippen LogP contribution in [0.3, 0.4) is 0 Å². The number of benzene rings is 1. The van der Waals surface area contributed by atoms with E-state index in [1.54, 1.807) is 18.2 Å². The van der Waals surface area contributed by atoms with Crippen molar-refractivity contribution in [2.45, 2.75) is 31.6 Å². The molecule has 0 aliphatic carbocycles. The van der Waals surface area contributed by atoms with Gasteiger partial charge in [-0.2, -0.15) is 0 Å². The lowest BCUT2D eigenvalue weighted by Gasteiger charge is -2.13. The number of aliphatic hydroxyl groups excluding tert-OH is 1. The first-order valence-corrected chi connectivity index (χ1v) is 6.60. The molecule has 3 nitrogen and oxygen atoms in total. The van der Waals surface area contributed by atoms with Gasteiger partial charge < -0.3 is 10.2 Å². The molecule has 5 heteroatoms. The van der Waals surface area contributed by atoms with Gasteiger partial charge in [-0.1, -0.05) is 42.1 Å². The number of carboxylic acids is 1. The minimum absolute atomic E-state index is 0.143. The van der Waals surface area contributed by atoms with Gasteiger partial charge in [0.25, 0.3) is 0 Å². The van der Waals surface area contributed by atoms with E-state index in [0.717, 1.165) is 12.8 Å². The first-order chi connectivity index (χ1) is 8.56. The number of hydrogen-bond acceptors (Lipinski definition) is 2. The van der Waals surface area contributed by atoms with Crippen LogP contribution in [0.5, 0.6) is 0 Å². The van der Waals surface area contributed by atoms with Crippen LogP contribution in [-0.2, 0) is 4.79 Å². The zero-order valence-electron chi connectivity index (χ0n) is 9.90. The molecule has 0 saturated heterocycles. The van der Waals surface area contributed by atoms with Crippen molar-refractivity contribution in [2.24, 2.45) is 0 Å². The van der Waals surface area contributed by atoms with Crippen molar-refractivity contribution in [3.05, 3.63) is 33.8 Å². The second-order valence-electron chi connectivity index (χ2n) is 4.14. The largest absolute Gasteiger partial charge is 0.481 e. The van der Waals surface area contributed by atoms with E-state index in [4.69, 9.17) is 28.3 Å². The SMILES string of the molecule is O=C(O)[C@H](CCCCCO)c1ccc(Cl)c(Cl)c1. The van der Waals surface area contributed by atoms with Gasteiger partial charge in [-0.3, -0.25) is 4.79 Å². The highest BCUT2D eigenvalue weighted by Crippen LogP contribution is 2.29. The van der Waals surface area contributed by atoms with Gasteiger partial charge in [0.1, 0.15) is 0 Å². The lowest BCUT2D eigenvalue weighted by molar-refractivity contribution is -0.139. The molecule has 0 aliphatic heterocycles. The van der Waals surface area contributed by atoms with E-state index in [1.165, 1.54) is 0 Å². The predicted octanol–water partition coefficient (Wildman–Crippen LogP) is 3.71. The van der Waals surface area contributed by atoms with Crippen LogP contribution in [0.1, 0.15) is 37.2 Å². The molecular formula is C13H16Cl2O3. The molecule has 0 amide bonds. The molecule has 100 valence electrons. The van der Waals surface area contributed by atoms with Gasteiger partial charge in [0.05, 0.1) is 16.0 Å². The van der Waals surface area contributed by atoms with Crippen LogP contribution in [0, 0.1) is 0 Å². The van der Waals surface area contributed by atoms with Gasteiger partial charge in [0.15, 0.2) is 0 Å². The molecule has 0 radical (unpaired) electrons. The zero-order valence-corrected chi connectivity index (χ0v) is 11.4. The van der Waals surface area contributed by atoms with E-state index in [2.05, 4.69) is 0 Å². The first-order valence-electron chi connectivity index (χ1n) is 5.85. The Morgan fingerprint density at radius 2 is 1.89 bits per heavy atom. The minimum Gasteiger partial charge on any atom is -0.481 e. The predicted molar refractivity (Wildman–Crippen MR) is 72.4 cm³/mol. The molecule has 1 aromatic carbocycles. The fourth-order valence-electron chi connectivity index (χ4n) is 1.80. The fraction of sp³-hybridized carbons (Fsp3) is 0.462. The van der Waals surface area contributed by atoms with Gasteiger partial charge >= 0.3 is 5.97 Å². The molecule has 1 atom stereocenters. The summed E-state index contributed by atoms with van der Waals surface area (Å²) in [6.45, 7) is 0.143. The van der Waals surface area contributed by atoms with Crippen LogP contribution < -0.4 is 0 Å². The van der Waals surface area contributed by atoms with Crippen molar-refractivity contribution < 1.29 is 15.0 Å². The molecule has 18 heavy (non-hydrogen) atoms. The summed E-state index contributed by atoms with van der Waals surface area (Å²) in [4.78, 5) is 11.2. The molecule has 0 unspecified atom stereocenters. The average molecular weight is 291 g/mol. The number of carbonyl (C=O) groups is 1. The Balaban J connectivity index is 2.71. The monoisotopic (exact) mass is 290 g/mol. The molecule has 0 aromatic heterocycles. The summed E-state index contributed by atoms with van der Waals surface area (Å²) >= 11 is 11.7. The van der Waals surface area contributed by atoms with E-state index in [-0.39, 0.29) is 6.61 Å². The molecule has 0 fully saturated rings. The van der Waals surface area contributed by atoms with Gasteiger partial charge in [0.2, 0.25) is 0 Å². The Labute approximate surface area is 116 Å². The molecule has 0 saturated carbocycles. The molecule has 0 spiro atoms. The number of hydrogen-bond donors (Lipinski definition) is 2. The van der Waals surface area contributed by atoms with Gasteiger partial charge in [-0.05, 0) is 30.5 Å². The Morgan fingerprint density at radius 1 is 1.17 bits per heavy atom. The number of halogens is 2. The maximum absolute atomic E-state index is 11.2. The third kappa shape index (κ3) is 4.48. The highest BCUT2D eigenvalue weighted by molar-refractivity contribution is 6.42. The fourth-order valence-corrected chi connectivity index (χ4v) is 2.11. The van der Waals surface area contributed by atoms with Crippen molar-refractivity contribution in [3.63, 3.8) is 0 Å². The number of carboxylic acid groups (broad SMARTS) is 1. The second-order valence-corrected chi connectivity index (χ2v) is 4.95. The van der Waals surface area contributed by atoms with Crippen LogP contribution in [-0.4, -0.2) is 22.8 Å². The Morgan fingerprint density at radius 3 is 2.44 bits per heavy atom. The van der Waals surface area contributed by atoms with E-state index in [9.17, 15) is 9.90 Å². The maximum atomic E-state index is 11.2. The molecule has 0 aliphatic rings. The van der Waals surface area contributed by atoms with Crippen LogP contribution in [0.15, 0.2) is 18.2 Å². The topological polar surface area (TPSA) is 57.5 Å². The first kappa shape index (κ1) is 15.3. The summed E-state index contributed by atoms with van der Waals surface area (Å²) < 4.78 is 0. The number of aliphatic carboxylic acids is 1. The summed E-state index contributed by atoms with van der Waals surface area (Å²) in [6.07, 6.45) is 2.82. The molecule has 1 aromatic rings. The van der Waals surface area contributed by atoms with Crippen molar-refractivity contribution in [3.8, 4) is 0 Å². The van der Waals surface area contributed by atoms with Crippen LogP contribution in [0.25, 0.3) is 0 Å². The maximum Gasteiger partial charge on any atom is 0.310 e. The average Bonchev–Trinajstić information content (AvgIpc) is 2.32. The molecular weight excluding hydrogens is 275 g/mol. The van der Waals surface area contributed by atoms with Gasteiger partial charge in [-0.15, -0.1) is 0 Å². The van der Waals surface area contributed by atoms with Gasteiger partial charge in [0, 0.05) is 6.61 Å². The van der Waals surface area contributed by atoms with E-state index in [0.29, 0.717) is 28.5 Å². The second kappa shape index (κ2) is 7.62. The van der Waals surface area contributed by atoms with Gasteiger partial charge in [-0.25, -0.2) is 0 Å². The van der Waals surface area contributed by atoms with E-state index in [1.807, 2.05) is 0 Å². The molecule has 0 heterocycles. The number of aliphatic hydroxyl groups is 1.